The van der Waals surface area contributed by atoms with Crippen LogP contribution in [-0.2, 0) is 11.2 Å². The van der Waals surface area contributed by atoms with E-state index in [9.17, 15) is 0 Å². The second kappa shape index (κ2) is 8.39. The number of aromatic nitrogens is 1. The molecule has 0 aliphatic carbocycles. The summed E-state index contributed by atoms with van der Waals surface area (Å²) in [7, 11) is 0. The first-order valence-corrected chi connectivity index (χ1v) is 8.97. The summed E-state index contributed by atoms with van der Waals surface area (Å²) < 4.78 is 12.9. The molecule has 0 saturated carbocycles. The molecule has 2 aromatic rings. The first-order chi connectivity index (χ1) is 11.5. The van der Waals surface area contributed by atoms with Crippen molar-refractivity contribution in [3.05, 3.63) is 54.4 Å². The van der Waals surface area contributed by atoms with Gasteiger partial charge in [0.25, 0.3) is 0 Å². The van der Waals surface area contributed by atoms with Crippen LogP contribution in [0.15, 0.2) is 48.7 Å². The predicted octanol–water partition coefficient (Wildman–Crippen LogP) is 5.59. The van der Waals surface area contributed by atoms with Crippen LogP contribution in [0.2, 0.25) is 0 Å². The van der Waals surface area contributed by atoms with Gasteiger partial charge in [0, 0.05) is 17.3 Å². The fourth-order valence-electron chi connectivity index (χ4n) is 2.75. The Morgan fingerprint density at radius 1 is 0.958 bits per heavy atom. The molecule has 0 spiro atoms. The maximum absolute atomic E-state index is 6.48. The predicted molar refractivity (Wildman–Crippen MR) is 99.2 cm³/mol. The minimum atomic E-state index is -0.715. The summed E-state index contributed by atoms with van der Waals surface area (Å²) in [6.07, 6.45) is 6.04. The standard InChI is InChI=1S/C21H31NO2/c1-5-6-10-16-23-21(20(2,3)4,17-18-12-11-15-22-18)24-19-13-8-7-9-14-19/h7-9,11-15,22H,5-6,10,16-17H2,1-4H3. The molecule has 3 heteroatoms. The second-order valence-corrected chi connectivity index (χ2v) is 7.35. The highest BCUT2D eigenvalue weighted by molar-refractivity contribution is 5.23. The number of nitrogens with one attached hydrogen (secondary N) is 1. The summed E-state index contributed by atoms with van der Waals surface area (Å²) >= 11 is 0. The van der Waals surface area contributed by atoms with Crippen molar-refractivity contribution in [2.75, 3.05) is 6.61 Å². The quantitative estimate of drug-likeness (QED) is 0.481. The van der Waals surface area contributed by atoms with Gasteiger partial charge in [-0.05, 0) is 30.7 Å². The molecule has 0 aliphatic rings. The fraction of sp³-hybridized carbons (Fsp3) is 0.524. The smallest absolute Gasteiger partial charge is 0.220 e. The molecule has 0 bridgehead atoms. The Hall–Kier alpha value is -1.74. The fourth-order valence-corrected chi connectivity index (χ4v) is 2.75. The van der Waals surface area contributed by atoms with Crippen LogP contribution in [0, 0.1) is 5.41 Å². The highest BCUT2D eigenvalue weighted by Gasteiger charge is 2.46. The van der Waals surface area contributed by atoms with Crippen molar-refractivity contribution in [3.63, 3.8) is 0 Å². The number of unbranched alkanes of at least 4 members (excludes halogenated alkanes) is 2. The van der Waals surface area contributed by atoms with Gasteiger partial charge in [0.05, 0.1) is 13.0 Å². The maximum atomic E-state index is 6.48. The van der Waals surface area contributed by atoms with Crippen LogP contribution >= 0.6 is 0 Å². The lowest BCUT2D eigenvalue weighted by Crippen LogP contribution is -2.52. The second-order valence-electron chi connectivity index (χ2n) is 7.35. The Balaban J connectivity index is 2.27. The highest BCUT2D eigenvalue weighted by atomic mass is 16.7. The summed E-state index contributed by atoms with van der Waals surface area (Å²) in [6.45, 7) is 9.45. The number of para-hydroxylation sites is 1. The summed E-state index contributed by atoms with van der Waals surface area (Å²) in [4.78, 5) is 3.29. The first kappa shape index (κ1) is 18.6. The van der Waals surface area contributed by atoms with Gasteiger partial charge < -0.3 is 14.5 Å². The lowest BCUT2D eigenvalue weighted by molar-refractivity contribution is -0.242. The molecule has 2 rings (SSSR count). The van der Waals surface area contributed by atoms with Crippen molar-refractivity contribution in [1.82, 2.24) is 4.98 Å². The van der Waals surface area contributed by atoms with Crippen LogP contribution in [0.4, 0.5) is 0 Å². The van der Waals surface area contributed by atoms with Crippen molar-refractivity contribution in [1.29, 1.82) is 0 Å². The van der Waals surface area contributed by atoms with Gasteiger partial charge in [0.2, 0.25) is 5.79 Å². The molecular formula is C21H31NO2. The first-order valence-electron chi connectivity index (χ1n) is 8.97. The minimum Gasteiger partial charge on any atom is -0.461 e. The van der Waals surface area contributed by atoms with E-state index in [4.69, 9.17) is 9.47 Å². The highest BCUT2D eigenvalue weighted by Crippen LogP contribution is 2.39. The molecule has 1 atom stereocenters. The molecule has 1 N–H and O–H groups in total. The number of rotatable bonds is 9. The maximum Gasteiger partial charge on any atom is 0.220 e. The van der Waals surface area contributed by atoms with E-state index < -0.39 is 5.79 Å². The van der Waals surface area contributed by atoms with Gasteiger partial charge in [0.15, 0.2) is 0 Å². The lowest BCUT2D eigenvalue weighted by atomic mass is 9.82. The summed E-state index contributed by atoms with van der Waals surface area (Å²) in [5, 5.41) is 0. The molecule has 0 fully saturated rings. The van der Waals surface area contributed by atoms with Crippen molar-refractivity contribution in [3.8, 4) is 5.75 Å². The third kappa shape index (κ3) is 4.88. The third-order valence-corrected chi connectivity index (χ3v) is 4.34. The van der Waals surface area contributed by atoms with Crippen LogP contribution in [0.3, 0.4) is 0 Å². The average molecular weight is 329 g/mol. The van der Waals surface area contributed by atoms with E-state index in [-0.39, 0.29) is 5.41 Å². The zero-order valence-corrected chi connectivity index (χ0v) is 15.5. The van der Waals surface area contributed by atoms with Crippen LogP contribution < -0.4 is 4.74 Å². The number of benzene rings is 1. The van der Waals surface area contributed by atoms with Crippen LogP contribution in [0.25, 0.3) is 0 Å². The summed E-state index contributed by atoms with van der Waals surface area (Å²) in [5.74, 6) is 0.127. The number of aromatic amines is 1. The van der Waals surface area contributed by atoms with Gasteiger partial charge in [0.1, 0.15) is 5.75 Å². The van der Waals surface area contributed by atoms with Gasteiger partial charge in [-0.15, -0.1) is 0 Å². The van der Waals surface area contributed by atoms with E-state index in [1.165, 1.54) is 12.8 Å². The molecule has 132 valence electrons. The Labute approximate surface area is 146 Å². The van der Waals surface area contributed by atoms with Gasteiger partial charge in [-0.1, -0.05) is 58.7 Å². The Morgan fingerprint density at radius 3 is 2.29 bits per heavy atom. The zero-order chi connectivity index (χ0) is 17.5. The number of ether oxygens (including phenoxy) is 2. The van der Waals surface area contributed by atoms with Gasteiger partial charge in [-0.25, -0.2) is 0 Å². The molecule has 1 heterocycles. The van der Waals surface area contributed by atoms with Crippen molar-refractivity contribution in [2.24, 2.45) is 5.41 Å². The molecule has 3 nitrogen and oxygen atoms in total. The number of hydrogen-bond acceptors (Lipinski definition) is 2. The van der Waals surface area contributed by atoms with Crippen LogP contribution in [0.1, 0.15) is 52.7 Å². The van der Waals surface area contributed by atoms with Gasteiger partial charge in [-0.2, -0.15) is 0 Å². The monoisotopic (exact) mass is 329 g/mol. The average Bonchev–Trinajstić information content (AvgIpc) is 3.04. The van der Waals surface area contributed by atoms with E-state index in [1.807, 2.05) is 42.6 Å². The number of hydrogen-bond donors (Lipinski definition) is 1. The molecule has 1 aromatic heterocycles. The van der Waals surface area contributed by atoms with Crippen molar-refractivity contribution < 1.29 is 9.47 Å². The van der Waals surface area contributed by atoms with Crippen LogP contribution in [-0.4, -0.2) is 17.4 Å². The van der Waals surface area contributed by atoms with E-state index >= 15 is 0 Å². The Bertz CT molecular complexity index is 572. The third-order valence-electron chi connectivity index (χ3n) is 4.34. The van der Waals surface area contributed by atoms with Crippen molar-refractivity contribution in [2.45, 2.75) is 59.2 Å². The molecule has 0 aliphatic heterocycles. The molecular weight excluding hydrogens is 298 g/mol. The Morgan fingerprint density at radius 2 is 1.71 bits per heavy atom. The van der Waals surface area contributed by atoms with Gasteiger partial charge in [-0.3, -0.25) is 0 Å². The Kier molecular flexibility index (Phi) is 6.50. The van der Waals surface area contributed by atoms with E-state index in [2.05, 4.69) is 38.7 Å². The SMILES string of the molecule is CCCCCOC(Cc1ccc[nH]1)(Oc1ccccc1)C(C)(C)C. The van der Waals surface area contributed by atoms with E-state index in [0.29, 0.717) is 13.0 Å². The molecule has 1 unspecified atom stereocenters. The lowest BCUT2D eigenvalue weighted by Gasteiger charge is -2.44. The topological polar surface area (TPSA) is 34.2 Å². The zero-order valence-electron chi connectivity index (χ0n) is 15.5. The normalized spacial score (nSPS) is 14.3. The summed E-state index contributed by atoms with van der Waals surface area (Å²) in [5.41, 5.74) is 0.941. The van der Waals surface area contributed by atoms with Crippen LogP contribution in [0.5, 0.6) is 5.75 Å². The van der Waals surface area contributed by atoms with Gasteiger partial charge >= 0.3 is 0 Å². The molecule has 0 saturated heterocycles. The van der Waals surface area contributed by atoms with E-state index in [1.54, 1.807) is 0 Å². The van der Waals surface area contributed by atoms with Crippen molar-refractivity contribution >= 4 is 0 Å². The van der Waals surface area contributed by atoms with E-state index in [0.717, 1.165) is 17.9 Å². The minimum absolute atomic E-state index is 0.180. The molecule has 1 aromatic carbocycles. The number of H-pyrrole nitrogens is 1. The largest absolute Gasteiger partial charge is 0.461 e. The summed E-state index contributed by atoms with van der Waals surface area (Å²) in [6, 6.07) is 14.1. The molecule has 24 heavy (non-hydrogen) atoms. The molecule has 0 amide bonds. The molecule has 0 radical (unpaired) electrons.